The lowest BCUT2D eigenvalue weighted by Gasteiger charge is -2.35. The zero-order chi connectivity index (χ0) is 8.58. The summed E-state index contributed by atoms with van der Waals surface area (Å²) in [4.78, 5) is 11.0. The molecular weight excluding hydrogens is 162 g/mol. The summed E-state index contributed by atoms with van der Waals surface area (Å²) in [6.07, 6.45) is 0. The molecule has 2 N–H and O–H groups in total. The third-order valence-corrected chi connectivity index (χ3v) is 2.29. The minimum Gasteiger partial charge on any atom is -0.319 e. The van der Waals surface area contributed by atoms with Crippen LogP contribution in [0.1, 0.15) is 34.6 Å². The van der Waals surface area contributed by atoms with Gasteiger partial charge in [0, 0.05) is 0 Å². The fourth-order valence-corrected chi connectivity index (χ4v) is 0.528. The van der Waals surface area contributed by atoms with Crippen molar-refractivity contribution in [2.24, 2.45) is 11.1 Å². The minimum atomic E-state index is -0.701. The number of ketones is 1. The molecular formula is C8H18ClNO. The second kappa shape index (κ2) is 3.55. The van der Waals surface area contributed by atoms with Crippen molar-refractivity contribution in [3.8, 4) is 0 Å². The first-order valence-electron chi connectivity index (χ1n) is 3.49. The molecule has 0 heterocycles. The molecule has 68 valence electrons. The van der Waals surface area contributed by atoms with Gasteiger partial charge in [0.05, 0.1) is 5.54 Å². The Morgan fingerprint density at radius 3 is 1.45 bits per heavy atom. The van der Waals surface area contributed by atoms with E-state index in [1.807, 2.05) is 20.8 Å². The van der Waals surface area contributed by atoms with Gasteiger partial charge in [-0.05, 0) is 19.3 Å². The van der Waals surface area contributed by atoms with Crippen molar-refractivity contribution in [1.29, 1.82) is 0 Å². The molecule has 0 rings (SSSR count). The number of Topliss-reactive ketones (excluding diaryl/α,β-unsaturated/α-hetero) is 1. The van der Waals surface area contributed by atoms with Crippen LogP contribution in [0, 0.1) is 5.41 Å². The number of hydrogen-bond acceptors (Lipinski definition) is 2. The van der Waals surface area contributed by atoms with Crippen molar-refractivity contribution in [1.82, 2.24) is 0 Å². The Balaban J connectivity index is 0. The van der Waals surface area contributed by atoms with Gasteiger partial charge in [-0.1, -0.05) is 20.8 Å². The lowest BCUT2D eigenvalue weighted by molar-refractivity contribution is -0.124. The molecule has 0 amide bonds. The van der Waals surface area contributed by atoms with Crippen molar-refractivity contribution in [2.75, 3.05) is 0 Å². The van der Waals surface area contributed by atoms with Crippen LogP contribution in [0.15, 0.2) is 0 Å². The first-order valence-corrected chi connectivity index (χ1v) is 3.49. The van der Waals surface area contributed by atoms with E-state index < -0.39 is 5.54 Å². The Morgan fingerprint density at radius 2 is 1.45 bits per heavy atom. The van der Waals surface area contributed by atoms with Crippen LogP contribution in [0.3, 0.4) is 0 Å². The maximum absolute atomic E-state index is 11.0. The summed E-state index contributed by atoms with van der Waals surface area (Å²) >= 11 is 0. The molecule has 0 aliphatic heterocycles. The molecule has 1 atom stereocenters. The minimum absolute atomic E-state index is 0. The Morgan fingerprint density at radius 1 is 1.18 bits per heavy atom. The second-order valence-electron chi connectivity index (χ2n) is 4.01. The van der Waals surface area contributed by atoms with Crippen LogP contribution in [0.25, 0.3) is 0 Å². The lowest BCUT2D eigenvalue weighted by Crippen LogP contribution is -2.54. The molecule has 0 radical (unpaired) electrons. The summed E-state index contributed by atoms with van der Waals surface area (Å²) in [6.45, 7) is 9.21. The molecule has 2 nitrogen and oxygen atoms in total. The SMILES string of the molecule is CC(=O)C(C)(N)C(C)(C)C.Cl. The number of rotatable bonds is 1. The Hall–Kier alpha value is -0.0800. The van der Waals surface area contributed by atoms with E-state index in [0.717, 1.165) is 0 Å². The molecule has 0 aromatic heterocycles. The van der Waals surface area contributed by atoms with E-state index in [4.69, 9.17) is 5.73 Å². The highest BCUT2D eigenvalue weighted by molar-refractivity contribution is 5.86. The van der Waals surface area contributed by atoms with Crippen molar-refractivity contribution in [3.63, 3.8) is 0 Å². The first kappa shape index (κ1) is 13.5. The standard InChI is InChI=1S/C8H17NO.ClH/c1-6(10)8(5,9)7(2,3)4;/h9H2,1-5H3;1H. The smallest absolute Gasteiger partial charge is 0.149 e. The highest BCUT2D eigenvalue weighted by atomic mass is 35.5. The Labute approximate surface area is 74.9 Å². The van der Waals surface area contributed by atoms with Crippen LogP contribution in [0.4, 0.5) is 0 Å². The van der Waals surface area contributed by atoms with Crippen LogP contribution in [0.5, 0.6) is 0 Å². The van der Waals surface area contributed by atoms with Crippen LogP contribution in [-0.2, 0) is 4.79 Å². The van der Waals surface area contributed by atoms with Gasteiger partial charge in [0.15, 0.2) is 0 Å². The van der Waals surface area contributed by atoms with Crippen LogP contribution in [0.2, 0.25) is 0 Å². The summed E-state index contributed by atoms with van der Waals surface area (Å²) in [5, 5.41) is 0. The van der Waals surface area contributed by atoms with Gasteiger partial charge in [-0.3, -0.25) is 4.79 Å². The van der Waals surface area contributed by atoms with Gasteiger partial charge in [0.25, 0.3) is 0 Å². The van der Waals surface area contributed by atoms with E-state index in [1.54, 1.807) is 6.92 Å². The summed E-state index contributed by atoms with van der Waals surface area (Å²) in [6, 6.07) is 0. The zero-order valence-corrected chi connectivity index (χ0v) is 8.71. The third-order valence-electron chi connectivity index (χ3n) is 2.29. The van der Waals surface area contributed by atoms with Crippen LogP contribution in [-0.4, -0.2) is 11.3 Å². The summed E-state index contributed by atoms with van der Waals surface area (Å²) in [5.41, 5.74) is 4.93. The van der Waals surface area contributed by atoms with Gasteiger partial charge in [-0.15, -0.1) is 12.4 Å². The fraction of sp³-hybridized carbons (Fsp3) is 0.875. The quantitative estimate of drug-likeness (QED) is 0.667. The highest BCUT2D eigenvalue weighted by Crippen LogP contribution is 2.27. The molecule has 0 aliphatic carbocycles. The topological polar surface area (TPSA) is 43.1 Å². The number of carbonyl (C=O) groups excluding carboxylic acids is 1. The molecule has 3 heteroatoms. The molecule has 0 spiro atoms. The molecule has 0 aromatic rings. The normalized spacial score (nSPS) is 16.5. The fourth-order valence-electron chi connectivity index (χ4n) is 0.528. The van der Waals surface area contributed by atoms with Gasteiger partial charge in [-0.2, -0.15) is 0 Å². The summed E-state index contributed by atoms with van der Waals surface area (Å²) < 4.78 is 0. The predicted octanol–water partition coefficient (Wildman–Crippen LogP) is 1.76. The molecule has 0 bridgehead atoms. The molecule has 0 aromatic carbocycles. The lowest BCUT2D eigenvalue weighted by atomic mass is 9.73. The van der Waals surface area contributed by atoms with E-state index in [1.165, 1.54) is 6.92 Å². The van der Waals surface area contributed by atoms with Crippen LogP contribution >= 0.6 is 12.4 Å². The van der Waals surface area contributed by atoms with Crippen LogP contribution < -0.4 is 5.73 Å². The summed E-state index contributed by atoms with van der Waals surface area (Å²) in [5.74, 6) is 0.0417. The largest absolute Gasteiger partial charge is 0.319 e. The molecule has 1 unspecified atom stereocenters. The third kappa shape index (κ3) is 2.80. The molecule has 0 saturated carbocycles. The molecule has 11 heavy (non-hydrogen) atoms. The summed E-state index contributed by atoms with van der Waals surface area (Å²) in [7, 11) is 0. The predicted molar refractivity (Wildman–Crippen MR) is 50.0 cm³/mol. The second-order valence-corrected chi connectivity index (χ2v) is 4.01. The van der Waals surface area contributed by atoms with Crippen molar-refractivity contribution in [2.45, 2.75) is 40.2 Å². The molecule has 0 saturated heterocycles. The average Bonchev–Trinajstić information content (AvgIpc) is 1.62. The number of halogens is 1. The maximum Gasteiger partial charge on any atom is 0.149 e. The van der Waals surface area contributed by atoms with E-state index in [0.29, 0.717) is 0 Å². The Kier molecular flexibility index (Phi) is 4.35. The highest BCUT2D eigenvalue weighted by Gasteiger charge is 2.37. The Bertz CT molecular complexity index is 147. The van der Waals surface area contributed by atoms with Gasteiger partial charge in [0.2, 0.25) is 0 Å². The van der Waals surface area contributed by atoms with Gasteiger partial charge >= 0.3 is 0 Å². The van der Waals surface area contributed by atoms with E-state index in [-0.39, 0.29) is 23.6 Å². The van der Waals surface area contributed by atoms with Gasteiger partial charge < -0.3 is 5.73 Å². The average molecular weight is 180 g/mol. The van der Waals surface area contributed by atoms with Crippen molar-refractivity contribution >= 4 is 18.2 Å². The van der Waals surface area contributed by atoms with Crippen molar-refractivity contribution < 1.29 is 4.79 Å². The molecule has 0 fully saturated rings. The van der Waals surface area contributed by atoms with E-state index >= 15 is 0 Å². The first-order chi connectivity index (χ1) is 4.19. The monoisotopic (exact) mass is 179 g/mol. The number of hydrogen-bond donors (Lipinski definition) is 1. The zero-order valence-electron chi connectivity index (χ0n) is 7.89. The number of carbonyl (C=O) groups is 1. The molecule has 0 aliphatic rings. The van der Waals surface area contributed by atoms with Crippen molar-refractivity contribution in [3.05, 3.63) is 0 Å². The van der Waals surface area contributed by atoms with E-state index in [2.05, 4.69) is 0 Å². The van der Waals surface area contributed by atoms with Gasteiger partial charge in [0.1, 0.15) is 5.78 Å². The maximum atomic E-state index is 11.0. The number of nitrogens with two attached hydrogens (primary N) is 1. The van der Waals surface area contributed by atoms with E-state index in [9.17, 15) is 4.79 Å². The van der Waals surface area contributed by atoms with Gasteiger partial charge in [-0.25, -0.2) is 0 Å².